The molecule has 0 fully saturated rings. The van der Waals surface area contributed by atoms with Crippen LogP contribution in [0.1, 0.15) is 11.1 Å². The Morgan fingerprint density at radius 2 is 2.12 bits per heavy atom. The van der Waals surface area contributed by atoms with Crippen LogP contribution in [0.15, 0.2) is 52.5 Å². The number of hydrogen-bond acceptors (Lipinski definition) is 3. The van der Waals surface area contributed by atoms with Crippen molar-refractivity contribution in [2.24, 2.45) is 5.73 Å². The molecule has 0 saturated carbocycles. The largest absolute Gasteiger partial charge is 0.330 e. The molecule has 1 aromatic carbocycles. The lowest BCUT2D eigenvalue weighted by Gasteiger charge is -2.07. The van der Waals surface area contributed by atoms with Gasteiger partial charge in [-0.3, -0.25) is 0 Å². The summed E-state index contributed by atoms with van der Waals surface area (Å²) in [6.07, 6.45) is 2.76. The van der Waals surface area contributed by atoms with Crippen molar-refractivity contribution in [3.05, 3.63) is 53.7 Å². The Kier molecular flexibility index (Phi) is 4.18. The Balaban J connectivity index is 2.15. The summed E-state index contributed by atoms with van der Waals surface area (Å²) in [6, 6.07) is 12.5. The molecule has 2 rings (SSSR count). The van der Waals surface area contributed by atoms with Crippen LogP contribution < -0.4 is 5.73 Å². The van der Waals surface area contributed by atoms with E-state index < -0.39 is 0 Å². The minimum Gasteiger partial charge on any atom is -0.330 e. The monoisotopic (exact) mass is 244 g/mol. The molecular formula is C14H16N2S. The molecule has 0 bridgehead atoms. The Hall–Kier alpha value is -1.32. The minimum absolute atomic E-state index is 0.702. The first-order valence-corrected chi connectivity index (χ1v) is 6.50. The van der Waals surface area contributed by atoms with Crippen LogP contribution in [0.3, 0.4) is 0 Å². The normalized spacial score (nSPS) is 10.5. The van der Waals surface area contributed by atoms with E-state index in [0.29, 0.717) is 6.54 Å². The predicted molar refractivity (Wildman–Crippen MR) is 72.3 cm³/mol. The number of pyridine rings is 1. The van der Waals surface area contributed by atoms with Gasteiger partial charge in [0.05, 0.1) is 0 Å². The second kappa shape index (κ2) is 5.84. The second-order valence-corrected chi connectivity index (χ2v) is 4.99. The van der Waals surface area contributed by atoms with Crippen molar-refractivity contribution in [2.75, 3.05) is 6.54 Å². The van der Waals surface area contributed by atoms with E-state index in [-0.39, 0.29) is 0 Å². The summed E-state index contributed by atoms with van der Waals surface area (Å²) in [4.78, 5) is 5.53. The van der Waals surface area contributed by atoms with E-state index in [9.17, 15) is 0 Å². The zero-order valence-corrected chi connectivity index (χ0v) is 10.7. The van der Waals surface area contributed by atoms with Crippen LogP contribution >= 0.6 is 11.8 Å². The lowest BCUT2D eigenvalue weighted by Crippen LogP contribution is -2.03. The fraction of sp³-hybridized carbons (Fsp3) is 0.214. The minimum atomic E-state index is 0.702. The number of nitrogens with two attached hydrogens (primary N) is 1. The quantitative estimate of drug-likeness (QED) is 0.898. The molecule has 0 aliphatic rings. The molecule has 1 heterocycles. The van der Waals surface area contributed by atoms with E-state index in [4.69, 9.17) is 5.73 Å². The summed E-state index contributed by atoms with van der Waals surface area (Å²) in [7, 11) is 0. The lowest BCUT2D eigenvalue weighted by atomic mass is 10.1. The van der Waals surface area contributed by atoms with Crippen molar-refractivity contribution in [1.29, 1.82) is 0 Å². The Labute approximate surface area is 106 Å². The first-order chi connectivity index (χ1) is 8.29. The van der Waals surface area contributed by atoms with Crippen LogP contribution in [0.4, 0.5) is 0 Å². The van der Waals surface area contributed by atoms with Crippen LogP contribution in [-0.2, 0) is 6.42 Å². The molecule has 2 nitrogen and oxygen atoms in total. The maximum absolute atomic E-state index is 5.58. The molecule has 3 heteroatoms. The molecular weight excluding hydrogens is 228 g/mol. The Morgan fingerprint density at radius 1 is 1.24 bits per heavy atom. The van der Waals surface area contributed by atoms with Gasteiger partial charge in [-0.2, -0.15) is 0 Å². The van der Waals surface area contributed by atoms with Gasteiger partial charge in [-0.25, -0.2) is 4.98 Å². The molecule has 0 aliphatic carbocycles. The number of aryl methyl sites for hydroxylation is 1. The molecule has 2 N–H and O–H groups in total. The molecule has 0 radical (unpaired) electrons. The maximum Gasteiger partial charge on any atom is 0.101 e. The Bertz CT molecular complexity index is 483. The predicted octanol–water partition coefficient (Wildman–Crippen LogP) is 3.04. The highest BCUT2D eigenvalue weighted by atomic mass is 32.2. The molecule has 2 aromatic rings. The maximum atomic E-state index is 5.58. The molecule has 1 aromatic heterocycles. The van der Waals surface area contributed by atoms with Gasteiger partial charge < -0.3 is 5.73 Å². The van der Waals surface area contributed by atoms with E-state index >= 15 is 0 Å². The summed E-state index contributed by atoms with van der Waals surface area (Å²) in [5, 5.41) is 1.03. The highest BCUT2D eigenvalue weighted by Crippen LogP contribution is 2.27. The molecule has 0 atom stereocenters. The van der Waals surface area contributed by atoms with Gasteiger partial charge in [0.25, 0.3) is 0 Å². The number of benzene rings is 1. The summed E-state index contributed by atoms with van der Waals surface area (Å²) in [6.45, 7) is 2.83. The summed E-state index contributed by atoms with van der Waals surface area (Å²) >= 11 is 1.69. The number of nitrogens with zero attached hydrogens (tertiary/aromatic N) is 1. The third-order valence-corrected chi connectivity index (χ3v) is 3.53. The van der Waals surface area contributed by atoms with Crippen molar-refractivity contribution < 1.29 is 0 Å². The van der Waals surface area contributed by atoms with Crippen molar-refractivity contribution >= 4 is 11.8 Å². The zero-order chi connectivity index (χ0) is 12.1. The van der Waals surface area contributed by atoms with Crippen LogP contribution in [0, 0.1) is 6.92 Å². The van der Waals surface area contributed by atoms with Crippen LogP contribution in [-0.4, -0.2) is 11.5 Å². The molecule has 88 valence electrons. The van der Waals surface area contributed by atoms with Gasteiger partial charge in [-0.1, -0.05) is 23.9 Å². The highest BCUT2D eigenvalue weighted by molar-refractivity contribution is 7.99. The summed E-state index contributed by atoms with van der Waals surface area (Å²) in [5.41, 5.74) is 8.21. The fourth-order valence-electron chi connectivity index (χ4n) is 1.70. The smallest absolute Gasteiger partial charge is 0.101 e. The van der Waals surface area contributed by atoms with E-state index in [2.05, 4.69) is 30.1 Å². The van der Waals surface area contributed by atoms with Gasteiger partial charge in [-0.15, -0.1) is 0 Å². The van der Waals surface area contributed by atoms with Gasteiger partial charge in [0.15, 0.2) is 0 Å². The van der Waals surface area contributed by atoms with Gasteiger partial charge in [0.2, 0.25) is 0 Å². The van der Waals surface area contributed by atoms with Crippen molar-refractivity contribution in [1.82, 2.24) is 4.98 Å². The third-order valence-electron chi connectivity index (χ3n) is 2.59. The summed E-state index contributed by atoms with van der Waals surface area (Å²) in [5.74, 6) is 0. The highest BCUT2D eigenvalue weighted by Gasteiger charge is 2.02. The first kappa shape index (κ1) is 12.1. The van der Waals surface area contributed by atoms with Gasteiger partial charge >= 0.3 is 0 Å². The SMILES string of the molecule is Cc1cc(Sc2ccccn2)ccc1CCN. The van der Waals surface area contributed by atoms with E-state index in [0.717, 1.165) is 11.4 Å². The molecule has 0 spiro atoms. The van der Waals surface area contributed by atoms with E-state index in [1.807, 2.05) is 24.4 Å². The topological polar surface area (TPSA) is 38.9 Å². The fourth-order valence-corrected chi connectivity index (χ4v) is 2.57. The molecule has 17 heavy (non-hydrogen) atoms. The molecule has 0 aliphatic heterocycles. The average molecular weight is 244 g/mol. The zero-order valence-electron chi connectivity index (χ0n) is 9.89. The summed E-state index contributed by atoms with van der Waals surface area (Å²) < 4.78 is 0. The number of aromatic nitrogens is 1. The lowest BCUT2D eigenvalue weighted by molar-refractivity contribution is 0.954. The van der Waals surface area contributed by atoms with Crippen molar-refractivity contribution in [3.63, 3.8) is 0 Å². The first-order valence-electron chi connectivity index (χ1n) is 5.68. The average Bonchev–Trinajstić information content (AvgIpc) is 2.34. The van der Waals surface area contributed by atoms with Crippen LogP contribution in [0.5, 0.6) is 0 Å². The van der Waals surface area contributed by atoms with E-state index in [1.54, 1.807) is 11.8 Å². The molecule has 0 unspecified atom stereocenters. The van der Waals surface area contributed by atoms with E-state index in [1.165, 1.54) is 16.0 Å². The standard InChI is InChI=1S/C14H16N2S/c1-11-10-13(6-5-12(11)7-8-15)17-14-4-2-3-9-16-14/h2-6,9-10H,7-8,15H2,1H3. The van der Waals surface area contributed by atoms with Gasteiger partial charge in [0.1, 0.15) is 5.03 Å². The van der Waals surface area contributed by atoms with Gasteiger partial charge in [0, 0.05) is 11.1 Å². The Morgan fingerprint density at radius 3 is 2.76 bits per heavy atom. The van der Waals surface area contributed by atoms with Crippen molar-refractivity contribution in [3.8, 4) is 0 Å². The second-order valence-electron chi connectivity index (χ2n) is 3.90. The molecule has 0 saturated heterocycles. The van der Waals surface area contributed by atoms with Crippen LogP contribution in [0.2, 0.25) is 0 Å². The van der Waals surface area contributed by atoms with Crippen LogP contribution in [0.25, 0.3) is 0 Å². The molecule has 0 amide bonds. The number of hydrogen-bond donors (Lipinski definition) is 1. The van der Waals surface area contributed by atoms with Crippen molar-refractivity contribution in [2.45, 2.75) is 23.3 Å². The van der Waals surface area contributed by atoms with Gasteiger partial charge in [-0.05, 0) is 55.3 Å². The number of rotatable bonds is 4. The third kappa shape index (κ3) is 3.32.